The maximum Gasteiger partial charge on any atom is 0.0465 e. The van der Waals surface area contributed by atoms with Gasteiger partial charge in [0.2, 0.25) is 0 Å². The first-order valence-electron chi connectivity index (χ1n) is 14.6. The number of anilines is 3. The lowest BCUT2D eigenvalue weighted by atomic mass is 9.63. The van der Waals surface area contributed by atoms with Crippen molar-refractivity contribution in [3.8, 4) is 22.3 Å². The van der Waals surface area contributed by atoms with E-state index >= 15 is 0 Å². The van der Waals surface area contributed by atoms with E-state index in [9.17, 15) is 0 Å². The van der Waals surface area contributed by atoms with E-state index in [0.29, 0.717) is 0 Å². The van der Waals surface area contributed by atoms with Crippen LogP contribution in [0.15, 0.2) is 127 Å². The van der Waals surface area contributed by atoms with Crippen LogP contribution in [0.4, 0.5) is 17.1 Å². The topological polar surface area (TPSA) is 3.24 Å². The number of hydrogen-bond acceptors (Lipinski definition) is 1. The van der Waals surface area contributed by atoms with Gasteiger partial charge in [-0.25, -0.2) is 0 Å². The standard InChI is InChI=1S/C40H33N/c1-39(2)34-20-12-14-26-13-11-19-31(36(26)34)33-24-23-32-30-22-21-29(25-35(30)40(3,4)37(32)38(33)39)41(27-15-7-5-8-16-27)28-17-9-6-10-18-28/h5-25H,1-4H3. The second-order valence-electron chi connectivity index (χ2n) is 12.6. The van der Waals surface area contributed by atoms with Gasteiger partial charge in [0.1, 0.15) is 0 Å². The summed E-state index contributed by atoms with van der Waals surface area (Å²) in [4.78, 5) is 2.37. The highest BCUT2D eigenvalue weighted by Crippen LogP contribution is 2.58. The molecule has 6 aromatic rings. The first-order valence-corrected chi connectivity index (χ1v) is 14.6. The van der Waals surface area contributed by atoms with Gasteiger partial charge in [-0.05, 0) is 91.7 Å². The van der Waals surface area contributed by atoms with Gasteiger partial charge in [-0.1, -0.05) is 119 Å². The van der Waals surface area contributed by atoms with Crippen molar-refractivity contribution in [1.29, 1.82) is 0 Å². The summed E-state index contributed by atoms with van der Waals surface area (Å²) < 4.78 is 0. The maximum absolute atomic E-state index is 2.44. The molecule has 0 aromatic heterocycles. The van der Waals surface area contributed by atoms with Gasteiger partial charge in [-0.15, -0.1) is 0 Å². The zero-order valence-corrected chi connectivity index (χ0v) is 24.1. The molecule has 0 bridgehead atoms. The molecule has 0 amide bonds. The zero-order valence-electron chi connectivity index (χ0n) is 24.1. The molecule has 0 saturated carbocycles. The maximum atomic E-state index is 2.44. The minimum Gasteiger partial charge on any atom is -0.310 e. The third kappa shape index (κ3) is 3.29. The Kier molecular flexibility index (Phi) is 4.98. The summed E-state index contributed by atoms with van der Waals surface area (Å²) in [5, 5.41) is 2.73. The van der Waals surface area contributed by atoms with E-state index in [1.54, 1.807) is 0 Å². The Balaban J connectivity index is 1.36. The third-order valence-electron chi connectivity index (χ3n) is 9.58. The van der Waals surface area contributed by atoms with Gasteiger partial charge in [0.05, 0.1) is 0 Å². The third-order valence-corrected chi connectivity index (χ3v) is 9.58. The SMILES string of the molecule is CC1(C)c2cc(N(c3ccccc3)c3ccccc3)ccc2-c2ccc3c(c21)C(C)(C)c1cccc2cccc-3c12. The fraction of sp³-hybridized carbons (Fsp3) is 0.150. The molecule has 1 heteroatoms. The van der Waals surface area contributed by atoms with E-state index in [-0.39, 0.29) is 10.8 Å². The van der Waals surface area contributed by atoms with Gasteiger partial charge in [-0.3, -0.25) is 0 Å². The molecule has 0 radical (unpaired) electrons. The number of nitrogens with zero attached hydrogens (tertiary/aromatic N) is 1. The van der Waals surface area contributed by atoms with E-state index in [1.807, 2.05) is 0 Å². The molecule has 0 atom stereocenters. The lowest BCUT2D eigenvalue weighted by Gasteiger charge is -2.39. The molecule has 6 aromatic carbocycles. The van der Waals surface area contributed by atoms with Crippen LogP contribution in [0.25, 0.3) is 33.0 Å². The molecule has 8 rings (SSSR count). The van der Waals surface area contributed by atoms with E-state index in [2.05, 4.69) is 160 Å². The largest absolute Gasteiger partial charge is 0.310 e. The minimum atomic E-state index is -0.150. The van der Waals surface area contributed by atoms with Crippen LogP contribution in [0.5, 0.6) is 0 Å². The molecule has 1 nitrogen and oxygen atoms in total. The molecule has 41 heavy (non-hydrogen) atoms. The highest BCUT2D eigenvalue weighted by molar-refractivity contribution is 6.05. The van der Waals surface area contributed by atoms with Gasteiger partial charge >= 0.3 is 0 Å². The average molecular weight is 528 g/mol. The fourth-order valence-electron chi connectivity index (χ4n) is 7.73. The Morgan fingerprint density at radius 3 is 1.59 bits per heavy atom. The molecule has 0 spiro atoms. The van der Waals surface area contributed by atoms with Crippen LogP contribution in [-0.2, 0) is 10.8 Å². The summed E-state index contributed by atoms with van der Waals surface area (Å²) in [6, 6.07) is 46.9. The van der Waals surface area contributed by atoms with E-state index < -0.39 is 0 Å². The average Bonchev–Trinajstić information content (AvgIpc) is 3.23. The predicted octanol–water partition coefficient (Wildman–Crippen LogP) is 10.9. The van der Waals surface area contributed by atoms with Crippen molar-refractivity contribution in [2.45, 2.75) is 38.5 Å². The number of hydrogen-bond donors (Lipinski definition) is 0. The van der Waals surface area contributed by atoms with Crippen LogP contribution in [0, 0.1) is 0 Å². The Bertz CT molecular complexity index is 1930. The van der Waals surface area contributed by atoms with E-state index in [4.69, 9.17) is 0 Å². The first kappa shape index (κ1) is 24.2. The Morgan fingerprint density at radius 2 is 0.951 bits per heavy atom. The molecule has 198 valence electrons. The molecular formula is C40H33N. The highest BCUT2D eigenvalue weighted by atomic mass is 15.1. The molecule has 0 aliphatic heterocycles. The van der Waals surface area contributed by atoms with Gasteiger partial charge in [-0.2, -0.15) is 0 Å². The summed E-state index contributed by atoms with van der Waals surface area (Å²) in [6.45, 7) is 9.70. The van der Waals surface area contributed by atoms with Gasteiger partial charge < -0.3 is 4.90 Å². The van der Waals surface area contributed by atoms with Gasteiger partial charge in [0.15, 0.2) is 0 Å². The van der Waals surface area contributed by atoms with Crippen LogP contribution in [0.1, 0.15) is 49.9 Å². The van der Waals surface area contributed by atoms with E-state index in [1.165, 1.54) is 61.0 Å². The van der Waals surface area contributed by atoms with E-state index in [0.717, 1.165) is 11.4 Å². The van der Waals surface area contributed by atoms with Crippen LogP contribution in [0.2, 0.25) is 0 Å². The molecule has 2 aliphatic carbocycles. The molecule has 0 N–H and O–H groups in total. The van der Waals surface area contributed by atoms with Crippen LogP contribution in [0.3, 0.4) is 0 Å². The van der Waals surface area contributed by atoms with Crippen LogP contribution >= 0.6 is 0 Å². The molecule has 0 saturated heterocycles. The van der Waals surface area contributed by atoms with Crippen molar-refractivity contribution >= 4 is 27.8 Å². The van der Waals surface area contributed by atoms with Crippen molar-refractivity contribution in [1.82, 2.24) is 0 Å². The Labute approximate surface area is 242 Å². The predicted molar refractivity (Wildman–Crippen MR) is 174 cm³/mol. The number of rotatable bonds is 3. The molecule has 0 fully saturated rings. The number of fused-ring (bicyclic) bond motifs is 6. The minimum absolute atomic E-state index is 0.114. The molecule has 0 unspecified atom stereocenters. The smallest absolute Gasteiger partial charge is 0.0465 e. The Morgan fingerprint density at radius 1 is 0.415 bits per heavy atom. The normalized spacial score (nSPS) is 15.2. The number of para-hydroxylation sites is 2. The molecular weight excluding hydrogens is 494 g/mol. The van der Waals surface area contributed by atoms with Gasteiger partial charge in [0, 0.05) is 27.9 Å². The van der Waals surface area contributed by atoms with Crippen molar-refractivity contribution < 1.29 is 0 Å². The first-order chi connectivity index (χ1) is 19.9. The second kappa shape index (κ2) is 8.44. The fourth-order valence-corrected chi connectivity index (χ4v) is 7.73. The summed E-state index contributed by atoms with van der Waals surface area (Å²) in [5.74, 6) is 0. The second-order valence-corrected chi connectivity index (χ2v) is 12.6. The van der Waals surface area contributed by atoms with Crippen LogP contribution < -0.4 is 4.90 Å². The number of benzene rings is 6. The summed E-state index contributed by atoms with van der Waals surface area (Å²) in [5.41, 5.74) is 14.5. The summed E-state index contributed by atoms with van der Waals surface area (Å²) in [6.07, 6.45) is 0. The van der Waals surface area contributed by atoms with Crippen molar-refractivity contribution in [2.24, 2.45) is 0 Å². The molecule has 0 heterocycles. The highest BCUT2D eigenvalue weighted by Gasteiger charge is 2.44. The monoisotopic (exact) mass is 527 g/mol. The van der Waals surface area contributed by atoms with Gasteiger partial charge in [0.25, 0.3) is 0 Å². The lowest BCUT2D eigenvalue weighted by molar-refractivity contribution is 0.591. The summed E-state index contributed by atoms with van der Waals surface area (Å²) >= 11 is 0. The van der Waals surface area contributed by atoms with Crippen molar-refractivity contribution in [2.75, 3.05) is 4.90 Å². The zero-order chi connectivity index (χ0) is 27.9. The molecule has 2 aliphatic rings. The lowest BCUT2D eigenvalue weighted by Crippen LogP contribution is -2.29. The van der Waals surface area contributed by atoms with Crippen molar-refractivity contribution in [3.63, 3.8) is 0 Å². The Hall–Kier alpha value is -4.62. The van der Waals surface area contributed by atoms with Crippen LogP contribution in [-0.4, -0.2) is 0 Å². The van der Waals surface area contributed by atoms with Crippen molar-refractivity contribution in [3.05, 3.63) is 150 Å². The quantitative estimate of drug-likeness (QED) is 0.221. The summed E-state index contributed by atoms with van der Waals surface area (Å²) in [7, 11) is 0.